The summed E-state index contributed by atoms with van der Waals surface area (Å²) in [5, 5.41) is 0. The van der Waals surface area contributed by atoms with E-state index in [1.54, 1.807) is 0 Å². The lowest BCUT2D eigenvalue weighted by molar-refractivity contribution is -0.252. The Morgan fingerprint density at radius 2 is 1.90 bits per heavy atom. The second-order valence-electron chi connectivity index (χ2n) is 6.71. The molecule has 0 radical (unpaired) electrons. The van der Waals surface area contributed by atoms with E-state index in [2.05, 4.69) is 6.58 Å². The Kier molecular flexibility index (Phi) is 3.63. The Hall–Kier alpha value is -0.870. The third kappa shape index (κ3) is 2.51. The van der Waals surface area contributed by atoms with Crippen molar-refractivity contribution in [2.45, 2.75) is 56.7 Å². The molecule has 2 atom stereocenters. The van der Waals surface area contributed by atoms with Gasteiger partial charge in [0.05, 0.1) is 5.60 Å². The lowest BCUT2D eigenvalue weighted by Gasteiger charge is -2.60. The van der Waals surface area contributed by atoms with Gasteiger partial charge in [-0.15, -0.1) is 0 Å². The molecule has 2 unspecified atom stereocenters. The molecule has 4 aliphatic rings. The summed E-state index contributed by atoms with van der Waals surface area (Å²) in [4.78, 5) is 11.7. The molecule has 0 heterocycles. The maximum atomic E-state index is 11.7. The zero-order valence-corrected chi connectivity index (χ0v) is 12.2. The van der Waals surface area contributed by atoms with Gasteiger partial charge in [-0.05, 0) is 50.9 Å². The van der Waals surface area contributed by atoms with Crippen LogP contribution in [0.3, 0.4) is 0 Å². The van der Waals surface area contributed by atoms with Crippen molar-refractivity contribution in [3.05, 3.63) is 12.7 Å². The molecule has 20 heavy (non-hydrogen) atoms. The molecule has 4 saturated carbocycles. The topological polar surface area (TPSA) is 44.8 Å². The standard InChI is InChI=1S/C16H24O4/c1-3-14(17)20-16-8-12-5-13(9-16)7-15(6-12,10-16)19-11-18-4-2/h3,12-13H,1,4-11H2,2H3. The Morgan fingerprint density at radius 3 is 2.50 bits per heavy atom. The average molecular weight is 280 g/mol. The van der Waals surface area contributed by atoms with Crippen molar-refractivity contribution in [2.24, 2.45) is 11.8 Å². The van der Waals surface area contributed by atoms with Crippen LogP contribution in [0.2, 0.25) is 0 Å². The van der Waals surface area contributed by atoms with Gasteiger partial charge in [0.1, 0.15) is 12.4 Å². The summed E-state index contributed by atoms with van der Waals surface area (Å²) in [6.07, 6.45) is 7.50. The minimum atomic E-state index is -0.318. The van der Waals surface area contributed by atoms with Crippen LogP contribution in [0.25, 0.3) is 0 Å². The average Bonchev–Trinajstić information content (AvgIpc) is 2.36. The normalized spacial score (nSPS) is 41.6. The second-order valence-corrected chi connectivity index (χ2v) is 6.71. The minimum Gasteiger partial charge on any atom is -0.456 e. The summed E-state index contributed by atoms with van der Waals surface area (Å²) >= 11 is 0. The summed E-state index contributed by atoms with van der Waals surface area (Å²) in [5.41, 5.74) is -0.456. The fraction of sp³-hybridized carbons (Fsp3) is 0.812. The van der Waals surface area contributed by atoms with E-state index < -0.39 is 0 Å². The van der Waals surface area contributed by atoms with E-state index in [9.17, 15) is 4.79 Å². The van der Waals surface area contributed by atoms with Crippen LogP contribution in [0.5, 0.6) is 0 Å². The quantitative estimate of drug-likeness (QED) is 0.325. The molecule has 112 valence electrons. The van der Waals surface area contributed by atoms with Gasteiger partial charge in [-0.3, -0.25) is 0 Å². The number of hydrogen-bond donors (Lipinski definition) is 0. The highest BCUT2D eigenvalue weighted by Crippen LogP contribution is 2.60. The van der Waals surface area contributed by atoms with Crippen molar-refractivity contribution in [1.29, 1.82) is 0 Å². The van der Waals surface area contributed by atoms with E-state index in [0.717, 1.165) is 32.1 Å². The van der Waals surface area contributed by atoms with Crippen LogP contribution >= 0.6 is 0 Å². The summed E-state index contributed by atoms with van der Waals surface area (Å²) in [5.74, 6) is 0.942. The van der Waals surface area contributed by atoms with Crippen LogP contribution in [0, 0.1) is 11.8 Å². The largest absolute Gasteiger partial charge is 0.456 e. The van der Waals surface area contributed by atoms with Crippen molar-refractivity contribution in [2.75, 3.05) is 13.4 Å². The van der Waals surface area contributed by atoms with Gasteiger partial charge in [0, 0.05) is 19.1 Å². The number of ether oxygens (including phenoxy) is 3. The fourth-order valence-electron chi connectivity index (χ4n) is 4.89. The molecule has 0 saturated heterocycles. The molecule has 4 heteroatoms. The molecule has 4 rings (SSSR count). The molecule has 0 spiro atoms. The zero-order chi connectivity index (χ0) is 14.2. The Balaban J connectivity index is 1.75. The van der Waals surface area contributed by atoms with Crippen LogP contribution in [-0.2, 0) is 19.0 Å². The first-order valence-corrected chi connectivity index (χ1v) is 7.66. The molecule has 0 N–H and O–H groups in total. The van der Waals surface area contributed by atoms with E-state index in [1.807, 2.05) is 6.92 Å². The van der Waals surface area contributed by atoms with E-state index >= 15 is 0 Å². The molecular formula is C16H24O4. The lowest BCUT2D eigenvalue weighted by Crippen LogP contribution is -2.61. The van der Waals surface area contributed by atoms with Crippen LogP contribution < -0.4 is 0 Å². The van der Waals surface area contributed by atoms with Crippen LogP contribution in [0.15, 0.2) is 12.7 Å². The van der Waals surface area contributed by atoms with Gasteiger partial charge in [0.25, 0.3) is 0 Å². The van der Waals surface area contributed by atoms with E-state index in [4.69, 9.17) is 14.2 Å². The van der Waals surface area contributed by atoms with Crippen molar-refractivity contribution in [3.63, 3.8) is 0 Å². The lowest BCUT2D eigenvalue weighted by atomic mass is 9.52. The van der Waals surface area contributed by atoms with Gasteiger partial charge >= 0.3 is 5.97 Å². The molecular weight excluding hydrogens is 256 g/mol. The van der Waals surface area contributed by atoms with Crippen molar-refractivity contribution in [1.82, 2.24) is 0 Å². The van der Waals surface area contributed by atoms with Crippen molar-refractivity contribution >= 4 is 5.97 Å². The highest BCUT2D eigenvalue weighted by Gasteiger charge is 2.60. The molecule has 4 bridgehead atoms. The SMILES string of the molecule is C=CC(=O)OC12CC3CC(CC(OCOCC)(C3)C1)C2. The van der Waals surface area contributed by atoms with E-state index in [-0.39, 0.29) is 17.2 Å². The Labute approximate surface area is 120 Å². The van der Waals surface area contributed by atoms with Crippen LogP contribution in [-0.4, -0.2) is 30.6 Å². The van der Waals surface area contributed by atoms with Crippen LogP contribution in [0.4, 0.5) is 0 Å². The number of carbonyl (C=O) groups excluding carboxylic acids is 1. The predicted octanol–water partition coefficient (Wildman–Crippen LogP) is 2.82. The summed E-state index contributed by atoms with van der Waals surface area (Å²) in [6.45, 7) is 6.49. The van der Waals surface area contributed by atoms with Crippen LogP contribution in [0.1, 0.15) is 45.4 Å². The van der Waals surface area contributed by atoms with Gasteiger partial charge in [-0.25, -0.2) is 4.79 Å². The number of rotatable bonds is 6. The smallest absolute Gasteiger partial charge is 0.330 e. The predicted molar refractivity (Wildman–Crippen MR) is 74.0 cm³/mol. The monoisotopic (exact) mass is 280 g/mol. The zero-order valence-electron chi connectivity index (χ0n) is 12.2. The highest BCUT2D eigenvalue weighted by atomic mass is 16.7. The highest BCUT2D eigenvalue weighted by molar-refractivity contribution is 5.81. The maximum absolute atomic E-state index is 11.7. The molecule has 0 aliphatic heterocycles. The first-order valence-electron chi connectivity index (χ1n) is 7.66. The molecule has 0 aromatic heterocycles. The van der Waals surface area contributed by atoms with E-state index in [1.165, 1.54) is 12.5 Å². The van der Waals surface area contributed by atoms with Gasteiger partial charge in [0.15, 0.2) is 0 Å². The van der Waals surface area contributed by atoms with Gasteiger partial charge in [0.2, 0.25) is 0 Å². The van der Waals surface area contributed by atoms with Gasteiger partial charge < -0.3 is 14.2 Å². The molecule has 0 aromatic carbocycles. The number of hydrogen-bond acceptors (Lipinski definition) is 4. The van der Waals surface area contributed by atoms with Crippen molar-refractivity contribution in [3.8, 4) is 0 Å². The molecule has 0 aromatic rings. The Morgan fingerprint density at radius 1 is 1.25 bits per heavy atom. The number of esters is 1. The number of carbonyl (C=O) groups is 1. The molecule has 4 aliphatic carbocycles. The Bertz CT molecular complexity index is 389. The maximum Gasteiger partial charge on any atom is 0.330 e. The van der Waals surface area contributed by atoms with Gasteiger partial charge in [-0.2, -0.15) is 0 Å². The fourth-order valence-corrected chi connectivity index (χ4v) is 4.89. The minimum absolute atomic E-state index is 0.138. The first-order chi connectivity index (χ1) is 9.59. The second kappa shape index (κ2) is 5.15. The van der Waals surface area contributed by atoms with Gasteiger partial charge in [-0.1, -0.05) is 6.58 Å². The third-order valence-corrected chi connectivity index (χ3v) is 5.09. The third-order valence-electron chi connectivity index (χ3n) is 5.09. The summed E-state index contributed by atoms with van der Waals surface area (Å²) < 4.78 is 17.2. The molecule has 4 fully saturated rings. The first kappa shape index (κ1) is 14.1. The summed E-state index contributed by atoms with van der Waals surface area (Å²) in [6, 6.07) is 0. The van der Waals surface area contributed by atoms with E-state index in [0.29, 0.717) is 25.2 Å². The molecule has 0 amide bonds. The molecule has 4 nitrogen and oxygen atoms in total. The summed E-state index contributed by atoms with van der Waals surface area (Å²) in [7, 11) is 0. The van der Waals surface area contributed by atoms with Crippen molar-refractivity contribution < 1.29 is 19.0 Å².